The highest BCUT2D eigenvalue weighted by Gasteiger charge is 2.06. The van der Waals surface area contributed by atoms with Gasteiger partial charge in [0.05, 0.1) is 5.69 Å². The molecule has 0 bridgehead atoms. The van der Waals surface area contributed by atoms with Crippen LogP contribution in [0.1, 0.15) is 31.1 Å². The first-order valence-corrected chi connectivity index (χ1v) is 6.61. The summed E-state index contributed by atoms with van der Waals surface area (Å²) in [5.41, 5.74) is 8.93. The number of rotatable bonds is 5. The van der Waals surface area contributed by atoms with Gasteiger partial charge >= 0.3 is 0 Å². The minimum absolute atomic E-state index is 0.410. The SMILES string of the molecule is CC(C)n1ccc(CN(C)Cc2cccc(N)c2)n1. The Morgan fingerprint density at radius 3 is 2.68 bits per heavy atom. The van der Waals surface area contributed by atoms with Gasteiger partial charge in [0, 0.05) is 31.0 Å². The lowest BCUT2D eigenvalue weighted by atomic mass is 10.2. The first-order valence-electron chi connectivity index (χ1n) is 6.61. The van der Waals surface area contributed by atoms with Crippen LogP contribution in [-0.4, -0.2) is 21.7 Å². The van der Waals surface area contributed by atoms with Gasteiger partial charge in [0.25, 0.3) is 0 Å². The number of hydrogen-bond donors (Lipinski definition) is 1. The van der Waals surface area contributed by atoms with Crippen LogP contribution in [0.25, 0.3) is 0 Å². The van der Waals surface area contributed by atoms with Gasteiger partial charge in [0.1, 0.15) is 0 Å². The Kier molecular flexibility index (Phi) is 4.22. The van der Waals surface area contributed by atoms with E-state index in [0.717, 1.165) is 24.5 Å². The highest BCUT2D eigenvalue weighted by Crippen LogP contribution is 2.11. The van der Waals surface area contributed by atoms with E-state index >= 15 is 0 Å². The first-order chi connectivity index (χ1) is 9.04. The molecule has 0 spiro atoms. The van der Waals surface area contributed by atoms with Gasteiger partial charge in [0.15, 0.2) is 0 Å². The van der Waals surface area contributed by atoms with E-state index in [9.17, 15) is 0 Å². The van der Waals surface area contributed by atoms with E-state index in [4.69, 9.17) is 5.73 Å². The summed E-state index contributed by atoms with van der Waals surface area (Å²) in [6.07, 6.45) is 2.04. The molecule has 1 heterocycles. The van der Waals surface area contributed by atoms with Crippen LogP contribution in [0, 0.1) is 0 Å². The number of benzene rings is 1. The molecule has 2 rings (SSSR count). The molecule has 4 heteroatoms. The smallest absolute Gasteiger partial charge is 0.0764 e. The molecule has 0 aliphatic heterocycles. The Morgan fingerprint density at radius 1 is 1.26 bits per heavy atom. The fourth-order valence-corrected chi connectivity index (χ4v) is 2.08. The van der Waals surface area contributed by atoms with Crippen molar-refractivity contribution >= 4 is 5.69 Å². The second kappa shape index (κ2) is 5.89. The molecule has 1 aromatic heterocycles. The van der Waals surface area contributed by atoms with Crippen LogP contribution < -0.4 is 5.73 Å². The number of nitrogen functional groups attached to an aromatic ring is 1. The maximum atomic E-state index is 5.79. The largest absolute Gasteiger partial charge is 0.399 e. The lowest BCUT2D eigenvalue weighted by molar-refractivity contribution is 0.313. The van der Waals surface area contributed by atoms with Crippen LogP contribution in [-0.2, 0) is 13.1 Å². The van der Waals surface area contributed by atoms with Crippen molar-refractivity contribution in [1.82, 2.24) is 14.7 Å². The van der Waals surface area contributed by atoms with Gasteiger partial charge in [0.2, 0.25) is 0 Å². The van der Waals surface area contributed by atoms with Crippen molar-refractivity contribution in [2.45, 2.75) is 33.0 Å². The highest BCUT2D eigenvalue weighted by atomic mass is 15.3. The Labute approximate surface area is 114 Å². The van der Waals surface area contributed by atoms with Gasteiger partial charge in [-0.25, -0.2) is 0 Å². The van der Waals surface area contributed by atoms with Gasteiger partial charge < -0.3 is 5.73 Å². The second-order valence-electron chi connectivity index (χ2n) is 5.30. The lowest BCUT2D eigenvalue weighted by Crippen LogP contribution is -2.18. The van der Waals surface area contributed by atoms with Gasteiger partial charge in [-0.15, -0.1) is 0 Å². The van der Waals surface area contributed by atoms with Crippen molar-refractivity contribution < 1.29 is 0 Å². The van der Waals surface area contributed by atoms with Crippen molar-refractivity contribution in [2.24, 2.45) is 0 Å². The fraction of sp³-hybridized carbons (Fsp3) is 0.400. The summed E-state index contributed by atoms with van der Waals surface area (Å²) in [6.45, 7) is 5.98. The van der Waals surface area contributed by atoms with E-state index in [1.807, 2.05) is 29.1 Å². The van der Waals surface area contributed by atoms with E-state index in [-0.39, 0.29) is 0 Å². The van der Waals surface area contributed by atoms with Crippen LogP contribution in [0.4, 0.5) is 5.69 Å². The number of aromatic nitrogens is 2. The van der Waals surface area contributed by atoms with E-state index < -0.39 is 0 Å². The van der Waals surface area contributed by atoms with E-state index in [2.05, 4.69) is 43.0 Å². The zero-order chi connectivity index (χ0) is 13.8. The van der Waals surface area contributed by atoms with E-state index in [0.29, 0.717) is 6.04 Å². The maximum Gasteiger partial charge on any atom is 0.0764 e. The molecule has 0 fully saturated rings. The van der Waals surface area contributed by atoms with Crippen LogP contribution in [0.2, 0.25) is 0 Å². The van der Waals surface area contributed by atoms with Gasteiger partial charge in [-0.3, -0.25) is 9.58 Å². The third-order valence-corrected chi connectivity index (χ3v) is 3.03. The van der Waals surface area contributed by atoms with E-state index in [1.54, 1.807) is 0 Å². The van der Waals surface area contributed by atoms with Crippen molar-refractivity contribution in [2.75, 3.05) is 12.8 Å². The summed E-state index contributed by atoms with van der Waals surface area (Å²) in [7, 11) is 2.09. The molecule has 0 aliphatic rings. The van der Waals surface area contributed by atoms with Crippen molar-refractivity contribution in [3.05, 3.63) is 47.8 Å². The zero-order valence-electron chi connectivity index (χ0n) is 11.9. The topological polar surface area (TPSA) is 47.1 Å². The van der Waals surface area contributed by atoms with Gasteiger partial charge in [-0.2, -0.15) is 5.10 Å². The average molecular weight is 258 g/mol. The minimum Gasteiger partial charge on any atom is -0.399 e. The molecular formula is C15H22N4. The molecule has 0 unspecified atom stereocenters. The molecule has 0 atom stereocenters. The monoisotopic (exact) mass is 258 g/mol. The van der Waals surface area contributed by atoms with Crippen LogP contribution >= 0.6 is 0 Å². The number of anilines is 1. The molecule has 4 nitrogen and oxygen atoms in total. The molecule has 0 aliphatic carbocycles. The average Bonchev–Trinajstić information content (AvgIpc) is 2.77. The van der Waals surface area contributed by atoms with Crippen LogP contribution in [0.5, 0.6) is 0 Å². The Balaban J connectivity index is 1.95. The summed E-state index contributed by atoms with van der Waals surface area (Å²) in [4.78, 5) is 2.24. The van der Waals surface area contributed by atoms with Crippen molar-refractivity contribution in [1.29, 1.82) is 0 Å². The van der Waals surface area contributed by atoms with Crippen molar-refractivity contribution in [3.8, 4) is 0 Å². The third-order valence-electron chi connectivity index (χ3n) is 3.03. The maximum absolute atomic E-state index is 5.79. The molecule has 0 saturated carbocycles. The van der Waals surface area contributed by atoms with Crippen molar-refractivity contribution in [3.63, 3.8) is 0 Å². The summed E-state index contributed by atoms with van der Waals surface area (Å²) in [6, 6.07) is 10.5. The Bertz CT molecular complexity index is 530. The molecule has 2 aromatic rings. The highest BCUT2D eigenvalue weighted by molar-refractivity contribution is 5.40. The predicted octanol–water partition coefficient (Wildman–Crippen LogP) is 2.68. The first kappa shape index (κ1) is 13.6. The number of nitrogens with zero attached hydrogens (tertiary/aromatic N) is 3. The molecule has 1 aromatic carbocycles. The number of nitrogens with two attached hydrogens (primary N) is 1. The molecule has 0 radical (unpaired) electrons. The fourth-order valence-electron chi connectivity index (χ4n) is 2.08. The van der Waals surface area contributed by atoms with Crippen LogP contribution in [0.15, 0.2) is 36.5 Å². The summed E-state index contributed by atoms with van der Waals surface area (Å²) < 4.78 is 1.99. The standard InChI is InChI=1S/C15H22N4/c1-12(2)19-8-7-15(17-19)11-18(3)10-13-5-4-6-14(16)9-13/h4-9,12H,10-11,16H2,1-3H3. The lowest BCUT2D eigenvalue weighted by Gasteiger charge is -2.15. The summed E-state index contributed by atoms with van der Waals surface area (Å²) in [5, 5.41) is 4.56. The molecule has 0 amide bonds. The number of hydrogen-bond acceptors (Lipinski definition) is 3. The molecule has 0 saturated heterocycles. The molecule has 19 heavy (non-hydrogen) atoms. The third kappa shape index (κ3) is 3.83. The van der Waals surface area contributed by atoms with Gasteiger partial charge in [-0.1, -0.05) is 12.1 Å². The second-order valence-corrected chi connectivity index (χ2v) is 5.30. The predicted molar refractivity (Wildman–Crippen MR) is 78.6 cm³/mol. The summed E-state index contributed by atoms with van der Waals surface area (Å²) >= 11 is 0. The van der Waals surface area contributed by atoms with E-state index in [1.165, 1.54) is 5.56 Å². The zero-order valence-corrected chi connectivity index (χ0v) is 11.9. The normalized spacial score (nSPS) is 11.4. The molecular weight excluding hydrogens is 236 g/mol. The molecule has 2 N–H and O–H groups in total. The van der Waals surface area contributed by atoms with Gasteiger partial charge in [-0.05, 0) is 44.7 Å². The minimum atomic E-state index is 0.410. The Morgan fingerprint density at radius 2 is 2.05 bits per heavy atom. The molecule has 102 valence electrons. The quantitative estimate of drug-likeness (QED) is 0.839. The van der Waals surface area contributed by atoms with Crippen LogP contribution in [0.3, 0.4) is 0 Å². The Hall–Kier alpha value is -1.81. The summed E-state index contributed by atoms with van der Waals surface area (Å²) in [5.74, 6) is 0.